The number of carbonyl (C=O) groups is 3. The van der Waals surface area contributed by atoms with Crippen molar-refractivity contribution < 1.29 is 19.5 Å². The molecule has 6 nitrogen and oxygen atoms in total. The van der Waals surface area contributed by atoms with Crippen LogP contribution in [0.25, 0.3) is 0 Å². The summed E-state index contributed by atoms with van der Waals surface area (Å²) >= 11 is 1.43. The molecule has 1 rings (SSSR count). The summed E-state index contributed by atoms with van der Waals surface area (Å²) in [5.41, 5.74) is -1.01. The molecule has 1 saturated carbocycles. The Morgan fingerprint density at radius 2 is 2.16 bits per heavy atom. The Morgan fingerprint density at radius 3 is 2.58 bits per heavy atom. The number of amides is 2. The third-order valence-corrected chi connectivity index (χ3v) is 4.65. The van der Waals surface area contributed by atoms with Crippen molar-refractivity contribution in [1.82, 2.24) is 10.6 Å². The topological polar surface area (TPSA) is 95.5 Å². The quantitative estimate of drug-likeness (QED) is 0.631. The van der Waals surface area contributed by atoms with Crippen LogP contribution in [0.2, 0.25) is 0 Å². The molecule has 0 saturated heterocycles. The molecule has 0 aliphatic heterocycles. The summed E-state index contributed by atoms with van der Waals surface area (Å²) in [6.07, 6.45) is -0.159. The van der Waals surface area contributed by atoms with Gasteiger partial charge in [-0.3, -0.25) is 14.4 Å². The van der Waals surface area contributed by atoms with E-state index in [1.54, 1.807) is 6.92 Å². The van der Waals surface area contributed by atoms with Crippen LogP contribution in [0.4, 0.5) is 0 Å². The fourth-order valence-electron chi connectivity index (χ4n) is 2.06. The minimum atomic E-state index is -1.01. The average Bonchev–Trinajstić information content (AvgIpc) is 2.64. The number of Topliss-reactive ketones (excluding diaryl/α,β-unsaturated/α-hetero) is 1. The first kappa shape index (κ1) is 16.0. The van der Waals surface area contributed by atoms with Gasteiger partial charge < -0.3 is 15.7 Å². The average molecular weight is 288 g/mol. The van der Waals surface area contributed by atoms with Gasteiger partial charge in [0, 0.05) is 31.4 Å². The molecule has 19 heavy (non-hydrogen) atoms. The highest BCUT2D eigenvalue weighted by atomic mass is 32.2. The molecule has 3 atom stereocenters. The number of thioether (sulfide) groups is 1. The third kappa shape index (κ3) is 4.21. The second-order valence-corrected chi connectivity index (χ2v) is 6.24. The summed E-state index contributed by atoms with van der Waals surface area (Å²) in [5, 5.41) is 14.5. The number of hydrogen-bond donors (Lipinski definition) is 3. The van der Waals surface area contributed by atoms with Gasteiger partial charge in [0.05, 0.1) is 0 Å². The van der Waals surface area contributed by atoms with Gasteiger partial charge in [-0.15, -0.1) is 0 Å². The SMILES string of the molecule is CNC(=O)C(C)(CS[C@H]1CC(=O)C(O)C1)NC(C)=O. The molecule has 2 unspecified atom stereocenters. The molecule has 0 heterocycles. The van der Waals surface area contributed by atoms with Crippen LogP contribution < -0.4 is 10.6 Å². The number of rotatable bonds is 5. The lowest BCUT2D eigenvalue weighted by molar-refractivity contribution is -0.130. The molecule has 1 fully saturated rings. The lowest BCUT2D eigenvalue weighted by Gasteiger charge is -2.29. The van der Waals surface area contributed by atoms with E-state index in [0.29, 0.717) is 18.6 Å². The number of carbonyl (C=O) groups excluding carboxylic acids is 3. The normalized spacial score (nSPS) is 25.8. The summed E-state index contributed by atoms with van der Waals surface area (Å²) < 4.78 is 0. The molecular weight excluding hydrogens is 268 g/mol. The van der Waals surface area contributed by atoms with Gasteiger partial charge in [0.1, 0.15) is 11.6 Å². The maximum absolute atomic E-state index is 11.8. The van der Waals surface area contributed by atoms with E-state index in [2.05, 4.69) is 10.6 Å². The Bertz CT molecular complexity index is 388. The van der Waals surface area contributed by atoms with E-state index < -0.39 is 11.6 Å². The van der Waals surface area contributed by atoms with Crippen molar-refractivity contribution in [3.8, 4) is 0 Å². The van der Waals surface area contributed by atoms with E-state index in [1.165, 1.54) is 25.7 Å². The van der Waals surface area contributed by atoms with Crippen LogP contribution in [0.3, 0.4) is 0 Å². The van der Waals surface area contributed by atoms with Crippen LogP contribution in [-0.4, -0.2) is 52.4 Å². The Balaban J connectivity index is 2.61. The maximum Gasteiger partial charge on any atom is 0.246 e. The van der Waals surface area contributed by atoms with E-state index in [9.17, 15) is 19.5 Å². The third-order valence-electron chi connectivity index (χ3n) is 3.07. The standard InChI is InChI=1S/C12H20N2O4S/c1-7(15)14-12(2,11(18)13-3)6-19-8-4-9(16)10(17)5-8/h8-9,16H,4-6H2,1-3H3,(H,13,18)(H,14,15)/t8-,9?,12?/m1/s1. The van der Waals surface area contributed by atoms with Crippen molar-refractivity contribution in [1.29, 1.82) is 0 Å². The summed E-state index contributed by atoms with van der Waals surface area (Å²) in [6.45, 7) is 3.00. The molecule has 0 bridgehead atoms. The lowest BCUT2D eigenvalue weighted by atomic mass is 10.0. The largest absolute Gasteiger partial charge is 0.385 e. The number of ketones is 1. The number of aliphatic hydroxyl groups is 1. The number of aliphatic hydroxyl groups excluding tert-OH is 1. The van der Waals surface area contributed by atoms with Gasteiger partial charge in [-0.25, -0.2) is 0 Å². The molecular formula is C12H20N2O4S. The van der Waals surface area contributed by atoms with E-state index in [0.717, 1.165) is 0 Å². The van der Waals surface area contributed by atoms with E-state index in [-0.39, 0.29) is 22.8 Å². The second kappa shape index (κ2) is 6.38. The Labute approximate surface area is 116 Å². The summed E-state index contributed by atoms with van der Waals surface area (Å²) in [7, 11) is 1.51. The van der Waals surface area contributed by atoms with Crippen LogP contribution in [0, 0.1) is 0 Å². The highest BCUT2D eigenvalue weighted by Gasteiger charge is 2.37. The zero-order chi connectivity index (χ0) is 14.6. The minimum Gasteiger partial charge on any atom is -0.385 e. The molecule has 0 aromatic rings. The monoisotopic (exact) mass is 288 g/mol. The van der Waals surface area contributed by atoms with Crippen molar-refractivity contribution in [2.75, 3.05) is 12.8 Å². The first-order chi connectivity index (χ1) is 8.78. The predicted octanol–water partition coefficient (Wildman–Crippen LogP) is -0.547. The highest BCUT2D eigenvalue weighted by molar-refractivity contribution is 8.00. The predicted molar refractivity (Wildman–Crippen MR) is 72.8 cm³/mol. The van der Waals surface area contributed by atoms with Crippen molar-refractivity contribution in [3.63, 3.8) is 0 Å². The summed E-state index contributed by atoms with van der Waals surface area (Å²) in [4.78, 5) is 34.3. The van der Waals surface area contributed by atoms with Gasteiger partial charge in [0.15, 0.2) is 5.78 Å². The lowest BCUT2D eigenvalue weighted by Crippen LogP contribution is -2.57. The fraction of sp³-hybridized carbons (Fsp3) is 0.750. The van der Waals surface area contributed by atoms with Crippen molar-refractivity contribution in [3.05, 3.63) is 0 Å². The van der Waals surface area contributed by atoms with Crippen LogP contribution in [0.1, 0.15) is 26.7 Å². The fourth-order valence-corrected chi connectivity index (χ4v) is 3.43. The van der Waals surface area contributed by atoms with Gasteiger partial charge in [-0.1, -0.05) is 0 Å². The number of nitrogens with one attached hydrogen (secondary N) is 2. The second-order valence-electron chi connectivity index (χ2n) is 4.95. The maximum atomic E-state index is 11.8. The van der Waals surface area contributed by atoms with Crippen LogP contribution in [0.5, 0.6) is 0 Å². The molecule has 0 aromatic heterocycles. The highest BCUT2D eigenvalue weighted by Crippen LogP contribution is 2.30. The zero-order valence-corrected chi connectivity index (χ0v) is 12.2. The van der Waals surface area contributed by atoms with Crippen molar-refractivity contribution in [2.24, 2.45) is 0 Å². The first-order valence-electron chi connectivity index (χ1n) is 6.12. The number of hydrogen-bond acceptors (Lipinski definition) is 5. The van der Waals surface area contributed by atoms with Gasteiger partial charge in [-0.05, 0) is 13.3 Å². The minimum absolute atomic E-state index is 0.000222. The van der Waals surface area contributed by atoms with Crippen LogP contribution >= 0.6 is 11.8 Å². The van der Waals surface area contributed by atoms with E-state index in [4.69, 9.17) is 0 Å². The van der Waals surface area contributed by atoms with Gasteiger partial charge in [-0.2, -0.15) is 11.8 Å². The summed E-state index contributed by atoms with van der Waals surface area (Å²) in [6, 6.07) is 0. The molecule has 0 spiro atoms. The molecule has 2 amide bonds. The molecule has 1 aliphatic carbocycles. The first-order valence-corrected chi connectivity index (χ1v) is 7.16. The smallest absolute Gasteiger partial charge is 0.246 e. The van der Waals surface area contributed by atoms with Crippen molar-refractivity contribution >= 4 is 29.4 Å². The van der Waals surface area contributed by atoms with Crippen LogP contribution in [-0.2, 0) is 14.4 Å². The van der Waals surface area contributed by atoms with E-state index >= 15 is 0 Å². The Morgan fingerprint density at radius 1 is 1.53 bits per heavy atom. The molecule has 108 valence electrons. The molecule has 0 aromatic carbocycles. The Hall–Kier alpha value is -1.08. The van der Waals surface area contributed by atoms with Gasteiger partial charge in [0.2, 0.25) is 11.8 Å². The molecule has 1 aliphatic rings. The molecule has 7 heteroatoms. The molecule has 3 N–H and O–H groups in total. The van der Waals surface area contributed by atoms with Crippen LogP contribution in [0.15, 0.2) is 0 Å². The summed E-state index contributed by atoms with van der Waals surface area (Å²) in [5.74, 6) is -0.357. The Kier molecular flexibility index (Phi) is 5.37. The van der Waals surface area contributed by atoms with Gasteiger partial charge in [0.25, 0.3) is 0 Å². The zero-order valence-electron chi connectivity index (χ0n) is 11.4. The van der Waals surface area contributed by atoms with Gasteiger partial charge >= 0.3 is 0 Å². The number of likely N-dealkylation sites (N-methyl/N-ethyl adjacent to an activating group) is 1. The molecule has 0 radical (unpaired) electrons. The van der Waals surface area contributed by atoms with E-state index in [1.807, 2.05) is 0 Å². The van der Waals surface area contributed by atoms with Crippen molar-refractivity contribution in [2.45, 2.75) is 43.6 Å².